The van der Waals surface area contributed by atoms with Crippen LogP contribution < -0.4 is 5.32 Å². The number of aliphatic hydroxyl groups excluding tert-OH is 1. The summed E-state index contributed by atoms with van der Waals surface area (Å²) in [4.78, 5) is 17.3. The van der Waals surface area contributed by atoms with Gasteiger partial charge in [0.15, 0.2) is 0 Å². The molecule has 0 aliphatic carbocycles. The Morgan fingerprint density at radius 1 is 1.76 bits per heavy atom. The van der Waals surface area contributed by atoms with Crippen molar-refractivity contribution in [2.45, 2.75) is 6.04 Å². The molecule has 8 nitrogen and oxygen atoms in total. The Hall–Kier alpha value is -1.51. The highest BCUT2D eigenvalue weighted by molar-refractivity contribution is 6.28. The average Bonchev–Trinajstić information content (AvgIpc) is 2.28. The highest BCUT2D eigenvalue weighted by Gasteiger charge is 2.19. The topological polar surface area (TPSA) is 110 Å². The number of ether oxygens (including phenoxy) is 1. The third-order valence-electron chi connectivity index (χ3n) is 1.87. The van der Waals surface area contributed by atoms with Crippen LogP contribution in [0.25, 0.3) is 0 Å². The van der Waals surface area contributed by atoms with Crippen LogP contribution in [0.5, 0.6) is 0 Å². The first-order valence-electron chi connectivity index (χ1n) is 4.61. The predicted molar refractivity (Wildman–Crippen MR) is 60.1 cm³/mol. The third-order valence-corrected chi connectivity index (χ3v) is 2.05. The van der Waals surface area contributed by atoms with E-state index in [1.54, 1.807) is 0 Å². The minimum atomic E-state index is -0.639. The minimum Gasteiger partial charge on any atom is -0.394 e. The summed E-state index contributed by atoms with van der Waals surface area (Å²) in [6, 6.07) is -0.510. The molecule has 0 amide bonds. The van der Waals surface area contributed by atoms with Crippen LogP contribution in [0, 0.1) is 10.1 Å². The van der Waals surface area contributed by atoms with Gasteiger partial charge in [-0.3, -0.25) is 10.1 Å². The van der Waals surface area contributed by atoms with Gasteiger partial charge >= 0.3 is 5.69 Å². The molecule has 1 aromatic heterocycles. The lowest BCUT2D eigenvalue weighted by molar-refractivity contribution is -0.384. The number of methoxy groups -OCH3 is 1. The van der Waals surface area contributed by atoms with E-state index in [0.717, 1.165) is 6.20 Å². The Balaban J connectivity index is 2.94. The maximum Gasteiger partial charge on any atom is 0.329 e. The van der Waals surface area contributed by atoms with E-state index in [1.807, 2.05) is 0 Å². The standard InChI is InChI=1S/C8H11ClN4O4/c1-17-4-5(3-14)11-7-6(13(15)16)2-10-8(9)12-7/h2,5,14H,3-4H2,1H3,(H,10,11,12). The first-order chi connectivity index (χ1) is 8.08. The second-order valence-electron chi connectivity index (χ2n) is 3.11. The van der Waals surface area contributed by atoms with Gasteiger partial charge in [-0.1, -0.05) is 0 Å². The van der Waals surface area contributed by atoms with Gasteiger partial charge in [-0.15, -0.1) is 0 Å². The molecule has 0 aliphatic heterocycles. The third kappa shape index (κ3) is 3.77. The summed E-state index contributed by atoms with van der Waals surface area (Å²) >= 11 is 5.55. The fraction of sp³-hybridized carbons (Fsp3) is 0.500. The van der Waals surface area contributed by atoms with Crippen molar-refractivity contribution in [3.8, 4) is 0 Å². The molecule has 2 N–H and O–H groups in total. The lowest BCUT2D eigenvalue weighted by atomic mass is 10.3. The van der Waals surface area contributed by atoms with Crippen molar-refractivity contribution in [3.63, 3.8) is 0 Å². The van der Waals surface area contributed by atoms with E-state index in [2.05, 4.69) is 15.3 Å². The molecular formula is C8H11ClN4O4. The zero-order chi connectivity index (χ0) is 12.8. The van der Waals surface area contributed by atoms with Gasteiger partial charge in [0.25, 0.3) is 0 Å². The molecule has 0 aliphatic rings. The van der Waals surface area contributed by atoms with Crippen LogP contribution in [0.1, 0.15) is 0 Å². The number of halogens is 1. The van der Waals surface area contributed by atoms with Crippen molar-refractivity contribution in [1.29, 1.82) is 0 Å². The van der Waals surface area contributed by atoms with Crippen LogP contribution in [-0.2, 0) is 4.74 Å². The largest absolute Gasteiger partial charge is 0.394 e. The summed E-state index contributed by atoms with van der Waals surface area (Å²) in [5, 5.41) is 22.3. The van der Waals surface area contributed by atoms with Crippen molar-refractivity contribution >= 4 is 23.1 Å². The van der Waals surface area contributed by atoms with Crippen LogP contribution in [0.3, 0.4) is 0 Å². The number of rotatable bonds is 6. The van der Waals surface area contributed by atoms with Crippen molar-refractivity contribution in [2.75, 3.05) is 25.6 Å². The molecular weight excluding hydrogens is 252 g/mol. The average molecular weight is 263 g/mol. The summed E-state index contributed by atoms with van der Waals surface area (Å²) in [5.41, 5.74) is -0.316. The van der Waals surface area contributed by atoms with Crippen molar-refractivity contribution in [2.24, 2.45) is 0 Å². The molecule has 0 saturated carbocycles. The molecule has 1 unspecified atom stereocenters. The molecule has 1 rings (SSSR count). The second kappa shape index (κ2) is 6.28. The zero-order valence-corrected chi connectivity index (χ0v) is 9.72. The summed E-state index contributed by atoms with van der Waals surface area (Å²) in [6.45, 7) is -0.0815. The van der Waals surface area contributed by atoms with Crippen LogP contribution in [0.15, 0.2) is 6.20 Å². The number of aliphatic hydroxyl groups is 1. The quantitative estimate of drug-likeness (QED) is 0.435. The van der Waals surface area contributed by atoms with Crippen LogP contribution in [0.2, 0.25) is 5.28 Å². The molecule has 1 heterocycles. The number of nitro groups is 1. The van der Waals surface area contributed by atoms with Gasteiger partial charge in [0, 0.05) is 7.11 Å². The summed E-state index contributed by atoms with van der Waals surface area (Å²) in [6.07, 6.45) is 0.999. The molecule has 1 aromatic rings. The van der Waals surface area contributed by atoms with Gasteiger partial charge in [0.1, 0.15) is 6.20 Å². The molecule has 94 valence electrons. The van der Waals surface area contributed by atoms with Crippen molar-refractivity contribution in [3.05, 3.63) is 21.6 Å². The number of aromatic nitrogens is 2. The summed E-state index contributed by atoms with van der Waals surface area (Å²) < 4.78 is 4.83. The number of nitrogens with zero attached hydrogens (tertiary/aromatic N) is 3. The Bertz CT molecular complexity index is 403. The maximum absolute atomic E-state index is 10.7. The van der Waals surface area contributed by atoms with Gasteiger partial charge in [-0.25, -0.2) is 4.98 Å². The first-order valence-corrected chi connectivity index (χ1v) is 4.99. The molecule has 0 fully saturated rings. The molecule has 0 spiro atoms. The van der Waals surface area contributed by atoms with Crippen LogP contribution >= 0.6 is 11.6 Å². The predicted octanol–water partition coefficient (Wildman–Crippen LogP) is 0.457. The highest BCUT2D eigenvalue weighted by atomic mass is 35.5. The van der Waals surface area contributed by atoms with Gasteiger partial charge in [0.05, 0.1) is 24.2 Å². The Morgan fingerprint density at radius 2 is 2.47 bits per heavy atom. The normalized spacial score (nSPS) is 12.2. The van der Waals surface area contributed by atoms with Crippen LogP contribution in [-0.4, -0.2) is 46.4 Å². The van der Waals surface area contributed by atoms with Gasteiger partial charge in [-0.05, 0) is 11.6 Å². The number of hydrogen-bond acceptors (Lipinski definition) is 7. The lowest BCUT2D eigenvalue weighted by Gasteiger charge is -2.15. The SMILES string of the molecule is COCC(CO)Nc1nc(Cl)ncc1[N+](=O)[O-]. The first kappa shape index (κ1) is 13.6. The number of nitrogens with one attached hydrogen (secondary N) is 1. The zero-order valence-electron chi connectivity index (χ0n) is 8.96. The second-order valence-corrected chi connectivity index (χ2v) is 3.45. The highest BCUT2D eigenvalue weighted by Crippen LogP contribution is 2.22. The molecule has 0 saturated heterocycles. The fourth-order valence-corrected chi connectivity index (χ4v) is 1.26. The van der Waals surface area contributed by atoms with E-state index >= 15 is 0 Å². The summed E-state index contributed by atoms with van der Waals surface area (Å²) in [5.74, 6) is -0.0499. The van der Waals surface area contributed by atoms with Gasteiger partial charge in [0.2, 0.25) is 11.1 Å². The molecule has 0 radical (unpaired) electrons. The molecule has 1 atom stereocenters. The van der Waals surface area contributed by atoms with E-state index < -0.39 is 11.0 Å². The maximum atomic E-state index is 10.7. The van der Waals surface area contributed by atoms with Gasteiger partial charge in [-0.2, -0.15) is 4.98 Å². The van der Waals surface area contributed by atoms with E-state index in [9.17, 15) is 10.1 Å². The monoisotopic (exact) mass is 262 g/mol. The number of anilines is 1. The molecule has 9 heteroatoms. The smallest absolute Gasteiger partial charge is 0.329 e. The van der Waals surface area contributed by atoms with Crippen LogP contribution in [0.4, 0.5) is 11.5 Å². The Labute approximate surface area is 102 Å². The molecule has 0 bridgehead atoms. The molecule has 0 aromatic carbocycles. The van der Waals surface area contributed by atoms with E-state index in [0.29, 0.717) is 0 Å². The van der Waals surface area contributed by atoms with E-state index in [4.69, 9.17) is 21.4 Å². The van der Waals surface area contributed by atoms with E-state index in [-0.39, 0.29) is 30.0 Å². The minimum absolute atomic E-state index is 0.0499. The summed E-state index contributed by atoms with van der Waals surface area (Å²) in [7, 11) is 1.45. The van der Waals surface area contributed by atoms with Gasteiger partial charge < -0.3 is 15.2 Å². The Kier molecular flexibility index (Phi) is 5.01. The van der Waals surface area contributed by atoms with Crippen molar-refractivity contribution in [1.82, 2.24) is 9.97 Å². The fourth-order valence-electron chi connectivity index (χ4n) is 1.13. The van der Waals surface area contributed by atoms with Crippen molar-refractivity contribution < 1.29 is 14.8 Å². The Morgan fingerprint density at radius 3 is 3.00 bits per heavy atom. The molecule has 17 heavy (non-hydrogen) atoms. The number of hydrogen-bond donors (Lipinski definition) is 2. The lowest BCUT2D eigenvalue weighted by Crippen LogP contribution is -2.29. The van der Waals surface area contributed by atoms with E-state index in [1.165, 1.54) is 7.11 Å².